The van der Waals surface area contributed by atoms with Gasteiger partial charge >= 0.3 is 0 Å². The summed E-state index contributed by atoms with van der Waals surface area (Å²) in [5, 5.41) is 0. The molecule has 0 aliphatic carbocycles. The lowest BCUT2D eigenvalue weighted by atomic mass is 10.00. The Kier molecular flexibility index (Phi) is 8.20. The SMILES string of the molecule is C=CCCCC[C](C)CC=CC. The minimum absolute atomic E-state index is 1.16. The van der Waals surface area contributed by atoms with Crippen LogP contribution in [0.15, 0.2) is 24.8 Å². The summed E-state index contributed by atoms with van der Waals surface area (Å²) in [6, 6.07) is 0. The Morgan fingerprint density at radius 3 is 2.67 bits per heavy atom. The molecule has 0 saturated heterocycles. The zero-order chi connectivity index (χ0) is 9.23. The Hall–Kier alpha value is -0.520. The molecular weight excluding hydrogens is 144 g/mol. The smallest absolute Gasteiger partial charge is 0.0234 e. The fourth-order valence-corrected chi connectivity index (χ4v) is 1.14. The van der Waals surface area contributed by atoms with Gasteiger partial charge in [-0.15, -0.1) is 6.58 Å². The molecular formula is C12H21. The van der Waals surface area contributed by atoms with Crippen LogP contribution in [0.5, 0.6) is 0 Å². The van der Waals surface area contributed by atoms with E-state index < -0.39 is 0 Å². The van der Waals surface area contributed by atoms with Gasteiger partial charge in [0.15, 0.2) is 0 Å². The van der Waals surface area contributed by atoms with Gasteiger partial charge in [0.2, 0.25) is 0 Å². The van der Waals surface area contributed by atoms with Gasteiger partial charge in [0.1, 0.15) is 0 Å². The van der Waals surface area contributed by atoms with E-state index in [-0.39, 0.29) is 0 Å². The standard InChI is InChI=1S/C12H21/c1-4-6-8-9-11-12(3)10-7-5-2/h4-5,7H,1,6,8-11H2,2-3H3. The fourth-order valence-electron chi connectivity index (χ4n) is 1.14. The van der Waals surface area contributed by atoms with E-state index in [1.807, 2.05) is 6.08 Å². The average Bonchev–Trinajstić information content (AvgIpc) is 2.09. The van der Waals surface area contributed by atoms with Crippen molar-refractivity contribution in [3.63, 3.8) is 0 Å². The van der Waals surface area contributed by atoms with Gasteiger partial charge in [-0.1, -0.05) is 31.6 Å². The van der Waals surface area contributed by atoms with Crippen molar-refractivity contribution in [1.82, 2.24) is 0 Å². The summed E-state index contributed by atoms with van der Waals surface area (Å²) in [6.07, 6.45) is 12.5. The van der Waals surface area contributed by atoms with Crippen molar-refractivity contribution in [1.29, 1.82) is 0 Å². The summed E-state index contributed by atoms with van der Waals surface area (Å²) in [4.78, 5) is 0. The van der Waals surface area contributed by atoms with E-state index in [1.165, 1.54) is 19.3 Å². The molecule has 0 aliphatic rings. The predicted octanol–water partition coefficient (Wildman–Crippen LogP) is 4.29. The molecule has 0 aliphatic heterocycles. The lowest BCUT2D eigenvalue weighted by Gasteiger charge is -2.06. The highest BCUT2D eigenvalue weighted by Gasteiger charge is 1.98. The Labute approximate surface area is 77.4 Å². The van der Waals surface area contributed by atoms with E-state index in [9.17, 15) is 0 Å². The van der Waals surface area contributed by atoms with Crippen molar-refractivity contribution >= 4 is 0 Å². The third kappa shape index (κ3) is 7.59. The molecule has 0 fully saturated rings. The van der Waals surface area contributed by atoms with E-state index in [1.54, 1.807) is 5.92 Å². The van der Waals surface area contributed by atoms with Gasteiger partial charge in [0, 0.05) is 0 Å². The Morgan fingerprint density at radius 2 is 2.08 bits per heavy atom. The normalized spacial score (nSPS) is 11.2. The maximum absolute atomic E-state index is 3.71. The number of rotatable bonds is 7. The second-order valence-corrected chi connectivity index (χ2v) is 3.26. The van der Waals surface area contributed by atoms with Crippen molar-refractivity contribution in [3.05, 3.63) is 30.7 Å². The first-order chi connectivity index (χ1) is 5.81. The fraction of sp³-hybridized carbons (Fsp3) is 0.583. The topological polar surface area (TPSA) is 0 Å². The highest BCUT2D eigenvalue weighted by atomic mass is 14.0. The predicted molar refractivity (Wildman–Crippen MR) is 57.0 cm³/mol. The molecule has 0 spiro atoms. The van der Waals surface area contributed by atoms with Crippen molar-refractivity contribution < 1.29 is 0 Å². The molecule has 1 radical (unpaired) electrons. The van der Waals surface area contributed by atoms with Gasteiger partial charge in [-0.3, -0.25) is 0 Å². The number of allylic oxidation sites excluding steroid dienone is 3. The van der Waals surface area contributed by atoms with Gasteiger partial charge in [-0.25, -0.2) is 0 Å². The van der Waals surface area contributed by atoms with Crippen LogP contribution in [0.3, 0.4) is 0 Å². The number of unbranched alkanes of at least 4 members (excludes halogenated alkanes) is 2. The van der Waals surface area contributed by atoms with E-state index in [0.717, 1.165) is 12.8 Å². The lowest BCUT2D eigenvalue weighted by Crippen LogP contribution is -1.89. The molecule has 69 valence electrons. The zero-order valence-electron chi connectivity index (χ0n) is 8.47. The summed E-state index contributed by atoms with van der Waals surface area (Å²) in [5.41, 5.74) is 0. The molecule has 12 heavy (non-hydrogen) atoms. The maximum atomic E-state index is 3.71. The summed E-state index contributed by atoms with van der Waals surface area (Å²) < 4.78 is 0. The lowest BCUT2D eigenvalue weighted by molar-refractivity contribution is 0.681. The molecule has 0 aromatic rings. The van der Waals surface area contributed by atoms with Crippen LogP contribution in [0.2, 0.25) is 0 Å². The average molecular weight is 165 g/mol. The van der Waals surface area contributed by atoms with Crippen molar-refractivity contribution in [3.8, 4) is 0 Å². The van der Waals surface area contributed by atoms with Crippen LogP contribution in [0, 0.1) is 5.92 Å². The third-order valence-corrected chi connectivity index (χ3v) is 1.96. The minimum atomic E-state index is 1.16. The van der Waals surface area contributed by atoms with Crippen LogP contribution in [0.4, 0.5) is 0 Å². The van der Waals surface area contributed by atoms with Crippen LogP contribution in [0.25, 0.3) is 0 Å². The first-order valence-corrected chi connectivity index (χ1v) is 4.84. The summed E-state index contributed by atoms with van der Waals surface area (Å²) in [6.45, 7) is 8.03. The van der Waals surface area contributed by atoms with Crippen LogP contribution in [-0.2, 0) is 0 Å². The molecule has 0 amide bonds. The second kappa shape index (κ2) is 8.58. The molecule has 0 aromatic carbocycles. The van der Waals surface area contributed by atoms with E-state index >= 15 is 0 Å². The highest BCUT2D eigenvalue weighted by Crippen LogP contribution is 2.15. The zero-order valence-corrected chi connectivity index (χ0v) is 8.47. The second-order valence-electron chi connectivity index (χ2n) is 3.26. The molecule has 0 rings (SSSR count). The molecule has 0 aromatic heterocycles. The molecule has 0 N–H and O–H groups in total. The van der Waals surface area contributed by atoms with Crippen LogP contribution in [-0.4, -0.2) is 0 Å². The number of hydrogen-bond donors (Lipinski definition) is 0. The molecule has 0 saturated carbocycles. The van der Waals surface area contributed by atoms with E-state index in [4.69, 9.17) is 0 Å². The first kappa shape index (κ1) is 11.5. The van der Waals surface area contributed by atoms with Gasteiger partial charge in [-0.05, 0) is 38.5 Å². The Bertz CT molecular complexity index is 122. The molecule has 0 bridgehead atoms. The van der Waals surface area contributed by atoms with Crippen molar-refractivity contribution in [2.24, 2.45) is 0 Å². The molecule has 0 nitrogen and oxygen atoms in total. The molecule has 0 heterocycles. The van der Waals surface area contributed by atoms with Crippen molar-refractivity contribution in [2.45, 2.75) is 46.0 Å². The van der Waals surface area contributed by atoms with E-state index in [2.05, 4.69) is 32.6 Å². The third-order valence-electron chi connectivity index (χ3n) is 1.96. The van der Waals surface area contributed by atoms with Gasteiger partial charge in [0.25, 0.3) is 0 Å². The van der Waals surface area contributed by atoms with E-state index in [0.29, 0.717) is 0 Å². The Morgan fingerprint density at radius 1 is 1.33 bits per heavy atom. The number of hydrogen-bond acceptors (Lipinski definition) is 0. The molecule has 0 unspecified atom stereocenters. The monoisotopic (exact) mass is 165 g/mol. The quantitative estimate of drug-likeness (QED) is 0.390. The van der Waals surface area contributed by atoms with Crippen LogP contribution in [0.1, 0.15) is 46.0 Å². The Balaban J connectivity index is 3.18. The summed E-state index contributed by atoms with van der Waals surface area (Å²) in [7, 11) is 0. The molecule has 0 atom stereocenters. The van der Waals surface area contributed by atoms with Gasteiger partial charge in [0.05, 0.1) is 0 Å². The summed E-state index contributed by atoms with van der Waals surface area (Å²) in [5.74, 6) is 1.59. The molecule has 0 heteroatoms. The maximum Gasteiger partial charge on any atom is -0.0234 e. The summed E-state index contributed by atoms with van der Waals surface area (Å²) >= 11 is 0. The van der Waals surface area contributed by atoms with Gasteiger partial charge < -0.3 is 0 Å². The largest absolute Gasteiger partial charge is 0.103 e. The highest BCUT2D eigenvalue weighted by molar-refractivity contribution is 4.94. The first-order valence-electron chi connectivity index (χ1n) is 4.84. The van der Waals surface area contributed by atoms with Crippen LogP contribution < -0.4 is 0 Å². The van der Waals surface area contributed by atoms with Gasteiger partial charge in [-0.2, -0.15) is 0 Å². The van der Waals surface area contributed by atoms with Crippen LogP contribution >= 0.6 is 0 Å². The van der Waals surface area contributed by atoms with Crippen molar-refractivity contribution in [2.75, 3.05) is 0 Å². The minimum Gasteiger partial charge on any atom is -0.103 e.